The van der Waals surface area contributed by atoms with Crippen molar-refractivity contribution in [1.82, 2.24) is 9.78 Å². The summed E-state index contributed by atoms with van der Waals surface area (Å²) in [7, 11) is 1.84. The van der Waals surface area contributed by atoms with Crippen LogP contribution in [0, 0.1) is 5.92 Å². The van der Waals surface area contributed by atoms with Gasteiger partial charge < -0.3 is 5.11 Å². The van der Waals surface area contributed by atoms with Gasteiger partial charge in [-0.15, -0.1) is 0 Å². The standard InChI is InChI=1S/C15H25ClN2O/c1-10(2)13-12(15(16)18(3)17-13)14(19)11-8-6-4-5-7-9-11/h10-11,14,19H,4-9H2,1-3H3. The molecule has 0 bridgehead atoms. The number of halogens is 1. The first-order valence-corrected chi connectivity index (χ1v) is 7.80. The van der Waals surface area contributed by atoms with Crippen LogP contribution in [-0.4, -0.2) is 14.9 Å². The van der Waals surface area contributed by atoms with Gasteiger partial charge in [-0.25, -0.2) is 0 Å². The molecule has 0 radical (unpaired) electrons. The number of nitrogens with zero attached hydrogens (tertiary/aromatic N) is 2. The molecule has 1 aromatic heterocycles. The van der Waals surface area contributed by atoms with E-state index in [0.29, 0.717) is 11.1 Å². The van der Waals surface area contributed by atoms with Crippen LogP contribution in [0.1, 0.15) is 75.7 Å². The summed E-state index contributed by atoms with van der Waals surface area (Å²) >= 11 is 6.35. The summed E-state index contributed by atoms with van der Waals surface area (Å²) in [5, 5.41) is 15.8. The van der Waals surface area contributed by atoms with Gasteiger partial charge in [-0.3, -0.25) is 4.68 Å². The third-order valence-electron chi connectivity index (χ3n) is 4.23. The van der Waals surface area contributed by atoms with Crippen LogP contribution in [0.25, 0.3) is 0 Å². The van der Waals surface area contributed by atoms with Gasteiger partial charge >= 0.3 is 0 Å². The number of rotatable bonds is 3. The van der Waals surface area contributed by atoms with Crippen LogP contribution < -0.4 is 0 Å². The molecule has 0 aliphatic heterocycles. The van der Waals surface area contributed by atoms with Gasteiger partial charge in [0.2, 0.25) is 0 Å². The lowest BCUT2D eigenvalue weighted by Gasteiger charge is -2.22. The Kier molecular flexibility index (Phi) is 4.91. The topological polar surface area (TPSA) is 38.0 Å². The van der Waals surface area contributed by atoms with Crippen molar-refractivity contribution in [2.45, 2.75) is 64.4 Å². The number of aliphatic hydroxyl groups is 1. The molecule has 1 aliphatic rings. The highest BCUT2D eigenvalue weighted by Gasteiger charge is 2.29. The maximum atomic E-state index is 10.8. The highest BCUT2D eigenvalue weighted by molar-refractivity contribution is 6.30. The predicted molar refractivity (Wildman–Crippen MR) is 78.5 cm³/mol. The largest absolute Gasteiger partial charge is 0.388 e. The molecule has 1 saturated carbocycles. The van der Waals surface area contributed by atoms with E-state index in [0.717, 1.165) is 24.1 Å². The second kappa shape index (κ2) is 6.27. The first-order chi connectivity index (χ1) is 9.02. The van der Waals surface area contributed by atoms with Crippen molar-refractivity contribution in [1.29, 1.82) is 0 Å². The second-order valence-electron chi connectivity index (χ2n) is 6.06. The first-order valence-electron chi connectivity index (χ1n) is 7.42. The average molecular weight is 285 g/mol. The van der Waals surface area contributed by atoms with Gasteiger partial charge in [0.25, 0.3) is 0 Å². The molecule has 1 aromatic rings. The molecule has 3 nitrogen and oxygen atoms in total. The summed E-state index contributed by atoms with van der Waals surface area (Å²) in [4.78, 5) is 0. The lowest BCUT2D eigenvalue weighted by atomic mass is 9.88. The van der Waals surface area contributed by atoms with E-state index in [4.69, 9.17) is 11.6 Å². The van der Waals surface area contributed by atoms with Crippen molar-refractivity contribution in [2.75, 3.05) is 0 Å². The fourth-order valence-corrected chi connectivity index (χ4v) is 3.35. The monoisotopic (exact) mass is 284 g/mol. The van der Waals surface area contributed by atoms with Gasteiger partial charge in [0.1, 0.15) is 5.15 Å². The SMILES string of the molecule is CC(C)c1nn(C)c(Cl)c1C(O)C1CCCCCC1. The van der Waals surface area contributed by atoms with Crippen LogP contribution in [0.3, 0.4) is 0 Å². The summed E-state index contributed by atoms with van der Waals surface area (Å²) in [5.41, 5.74) is 1.82. The Balaban J connectivity index is 2.28. The molecular formula is C15H25ClN2O. The predicted octanol–water partition coefficient (Wildman–Crippen LogP) is 4.20. The van der Waals surface area contributed by atoms with E-state index < -0.39 is 6.10 Å². The number of aliphatic hydroxyl groups excluding tert-OH is 1. The molecule has 1 heterocycles. The van der Waals surface area contributed by atoms with Gasteiger partial charge in [0.15, 0.2) is 0 Å². The first kappa shape index (κ1) is 14.9. The molecule has 0 spiro atoms. The van der Waals surface area contributed by atoms with Crippen molar-refractivity contribution >= 4 is 11.6 Å². The Bertz CT molecular complexity index is 420. The zero-order chi connectivity index (χ0) is 14.0. The van der Waals surface area contributed by atoms with Crippen molar-refractivity contribution in [3.05, 3.63) is 16.4 Å². The van der Waals surface area contributed by atoms with E-state index in [1.807, 2.05) is 7.05 Å². The Labute approximate surface area is 121 Å². The third-order valence-corrected chi connectivity index (χ3v) is 4.68. The van der Waals surface area contributed by atoms with Crippen molar-refractivity contribution in [3.63, 3.8) is 0 Å². The molecule has 1 atom stereocenters. The van der Waals surface area contributed by atoms with E-state index in [1.165, 1.54) is 25.7 Å². The minimum absolute atomic E-state index is 0.286. The Morgan fingerprint density at radius 3 is 2.32 bits per heavy atom. The average Bonchev–Trinajstić information content (AvgIpc) is 2.60. The second-order valence-corrected chi connectivity index (χ2v) is 6.42. The van der Waals surface area contributed by atoms with Gasteiger partial charge in [-0.05, 0) is 24.7 Å². The minimum atomic E-state index is -0.461. The number of aryl methyl sites for hydroxylation is 1. The highest BCUT2D eigenvalue weighted by Crippen LogP contribution is 2.39. The Morgan fingerprint density at radius 2 is 1.79 bits per heavy atom. The van der Waals surface area contributed by atoms with Gasteiger partial charge in [0.05, 0.1) is 11.8 Å². The quantitative estimate of drug-likeness (QED) is 0.845. The van der Waals surface area contributed by atoms with Crippen molar-refractivity contribution in [3.8, 4) is 0 Å². The highest BCUT2D eigenvalue weighted by atomic mass is 35.5. The van der Waals surface area contributed by atoms with E-state index in [2.05, 4.69) is 18.9 Å². The smallest absolute Gasteiger partial charge is 0.132 e. The number of hydrogen-bond acceptors (Lipinski definition) is 2. The molecule has 1 fully saturated rings. The van der Waals surface area contributed by atoms with Crippen LogP contribution in [0.2, 0.25) is 5.15 Å². The van der Waals surface area contributed by atoms with Crippen molar-refractivity contribution in [2.24, 2.45) is 13.0 Å². The van der Waals surface area contributed by atoms with E-state index in [-0.39, 0.29) is 5.92 Å². The number of aromatic nitrogens is 2. The lowest BCUT2D eigenvalue weighted by Crippen LogP contribution is -2.14. The zero-order valence-electron chi connectivity index (χ0n) is 12.2. The minimum Gasteiger partial charge on any atom is -0.388 e. The fraction of sp³-hybridized carbons (Fsp3) is 0.800. The molecule has 0 saturated heterocycles. The van der Waals surface area contributed by atoms with Gasteiger partial charge in [-0.2, -0.15) is 5.10 Å². The molecule has 2 rings (SSSR count). The zero-order valence-corrected chi connectivity index (χ0v) is 13.0. The van der Waals surface area contributed by atoms with Crippen LogP contribution in [-0.2, 0) is 7.05 Å². The molecular weight excluding hydrogens is 260 g/mol. The van der Waals surface area contributed by atoms with E-state index in [1.54, 1.807) is 4.68 Å². The maximum Gasteiger partial charge on any atom is 0.132 e. The fourth-order valence-electron chi connectivity index (χ4n) is 3.10. The summed E-state index contributed by atoms with van der Waals surface area (Å²) < 4.78 is 1.69. The number of hydrogen-bond donors (Lipinski definition) is 1. The van der Waals surface area contributed by atoms with Crippen molar-refractivity contribution < 1.29 is 5.11 Å². The van der Waals surface area contributed by atoms with Crippen LogP contribution in [0.4, 0.5) is 0 Å². The molecule has 19 heavy (non-hydrogen) atoms. The Morgan fingerprint density at radius 1 is 1.21 bits per heavy atom. The summed E-state index contributed by atoms with van der Waals surface area (Å²) in [5.74, 6) is 0.621. The van der Waals surface area contributed by atoms with Gasteiger partial charge in [0, 0.05) is 12.6 Å². The van der Waals surface area contributed by atoms with E-state index >= 15 is 0 Å². The normalized spacial score (nSPS) is 19.7. The lowest BCUT2D eigenvalue weighted by molar-refractivity contribution is 0.0977. The Hall–Kier alpha value is -0.540. The maximum absolute atomic E-state index is 10.8. The molecule has 0 aromatic carbocycles. The third kappa shape index (κ3) is 3.14. The van der Waals surface area contributed by atoms with Crippen LogP contribution in [0.5, 0.6) is 0 Å². The van der Waals surface area contributed by atoms with Crippen LogP contribution >= 0.6 is 11.6 Å². The van der Waals surface area contributed by atoms with Crippen LogP contribution in [0.15, 0.2) is 0 Å². The molecule has 4 heteroatoms. The van der Waals surface area contributed by atoms with Gasteiger partial charge in [-0.1, -0.05) is 51.1 Å². The molecule has 1 unspecified atom stereocenters. The summed E-state index contributed by atoms with van der Waals surface area (Å²) in [6.45, 7) is 4.20. The summed E-state index contributed by atoms with van der Waals surface area (Å²) in [6, 6.07) is 0. The summed E-state index contributed by atoms with van der Waals surface area (Å²) in [6.07, 6.45) is 6.76. The molecule has 1 aliphatic carbocycles. The molecule has 0 amide bonds. The van der Waals surface area contributed by atoms with E-state index in [9.17, 15) is 5.11 Å². The molecule has 108 valence electrons. The molecule has 1 N–H and O–H groups in total.